The molecule has 0 atom stereocenters. The lowest BCUT2D eigenvalue weighted by Crippen LogP contribution is -2.05. The van der Waals surface area contributed by atoms with Crippen molar-refractivity contribution in [3.63, 3.8) is 0 Å². The lowest BCUT2D eigenvalue weighted by atomic mass is 10.1. The Morgan fingerprint density at radius 2 is 1.69 bits per heavy atom. The van der Waals surface area contributed by atoms with Gasteiger partial charge >= 0.3 is 0 Å². The van der Waals surface area contributed by atoms with Gasteiger partial charge in [-0.15, -0.1) is 5.10 Å². The van der Waals surface area contributed by atoms with E-state index in [1.54, 1.807) is 0 Å². The number of hydrogen-bond acceptors (Lipinski definition) is 4. The van der Waals surface area contributed by atoms with E-state index in [0.29, 0.717) is 6.54 Å². The third-order valence-electron chi connectivity index (χ3n) is 5.12. The van der Waals surface area contributed by atoms with Gasteiger partial charge in [-0.25, -0.2) is 4.98 Å². The number of aryl methyl sites for hydroxylation is 2. The van der Waals surface area contributed by atoms with E-state index >= 15 is 0 Å². The van der Waals surface area contributed by atoms with Gasteiger partial charge in [0, 0.05) is 17.5 Å². The van der Waals surface area contributed by atoms with E-state index in [4.69, 9.17) is 4.98 Å². The second-order valence-corrected chi connectivity index (χ2v) is 7.36. The fourth-order valence-corrected chi connectivity index (χ4v) is 3.57. The molecule has 0 spiro atoms. The summed E-state index contributed by atoms with van der Waals surface area (Å²) < 4.78 is 1.82. The topological polar surface area (TPSA) is 55.1 Å². The first-order chi connectivity index (χ1) is 14.2. The largest absolute Gasteiger partial charge is 0.365 e. The van der Waals surface area contributed by atoms with Crippen LogP contribution in [0.4, 0.5) is 5.82 Å². The Bertz CT molecular complexity index is 1320. The van der Waals surface area contributed by atoms with Crippen molar-refractivity contribution in [1.82, 2.24) is 19.8 Å². The Labute approximate surface area is 169 Å². The van der Waals surface area contributed by atoms with Crippen LogP contribution in [-0.2, 0) is 6.54 Å². The number of aromatic nitrogens is 4. The van der Waals surface area contributed by atoms with Crippen LogP contribution in [0.5, 0.6) is 0 Å². The number of para-hydroxylation sites is 1. The molecule has 0 fully saturated rings. The van der Waals surface area contributed by atoms with Crippen molar-refractivity contribution in [2.45, 2.75) is 20.4 Å². The average molecular weight is 379 g/mol. The van der Waals surface area contributed by atoms with Crippen molar-refractivity contribution in [2.75, 3.05) is 5.32 Å². The van der Waals surface area contributed by atoms with E-state index in [1.165, 1.54) is 16.7 Å². The summed E-state index contributed by atoms with van der Waals surface area (Å²) >= 11 is 0. The standard InChI is InChI=1S/C24H21N5/c1-16-10-12-18(13-11-16)15-25-23-20-8-3-4-9-21(20)29-24(26-23)22(27-28-29)19-7-5-6-17(2)14-19/h3-14H,15H2,1-2H3,(H,25,26). The maximum atomic E-state index is 4.93. The first-order valence-corrected chi connectivity index (χ1v) is 9.70. The summed E-state index contributed by atoms with van der Waals surface area (Å²) in [5, 5.41) is 13.4. The first kappa shape index (κ1) is 17.4. The van der Waals surface area contributed by atoms with Crippen molar-refractivity contribution in [3.05, 3.63) is 89.5 Å². The van der Waals surface area contributed by atoms with E-state index in [1.807, 2.05) is 28.8 Å². The summed E-state index contributed by atoms with van der Waals surface area (Å²) in [7, 11) is 0. The molecule has 2 aromatic heterocycles. The van der Waals surface area contributed by atoms with Crippen LogP contribution in [0.3, 0.4) is 0 Å². The van der Waals surface area contributed by atoms with E-state index < -0.39 is 0 Å². The Morgan fingerprint density at radius 3 is 2.52 bits per heavy atom. The van der Waals surface area contributed by atoms with Crippen molar-refractivity contribution in [2.24, 2.45) is 0 Å². The fraction of sp³-hybridized carbons (Fsp3) is 0.125. The van der Waals surface area contributed by atoms with Gasteiger partial charge in [-0.05, 0) is 37.6 Å². The van der Waals surface area contributed by atoms with Gasteiger partial charge in [0.05, 0.1) is 5.52 Å². The first-order valence-electron chi connectivity index (χ1n) is 9.70. The third kappa shape index (κ3) is 3.21. The van der Waals surface area contributed by atoms with Crippen LogP contribution in [0.1, 0.15) is 16.7 Å². The quantitative estimate of drug-likeness (QED) is 0.468. The van der Waals surface area contributed by atoms with E-state index in [9.17, 15) is 0 Å². The lowest BCUT2D eigenvalue weighted by molar-refractivity contribution is 0.876. The molecule has 2 heterocycles. The van der Waals surface area contributed by atoms with Crippen molar-refractivity contribution in [1.29, 1.82) is 0 Å². The normalized spacial score (nSPS) is 11.2. The maximum absolute atomic E-state index is 4.93. The highest BCUT2D eigenvalue weighted by Crippen LogP contribution is 2.28. The number of nitrogens with one attached hydrogen (secondary N) is 1. The smallest absolute Gasteiger partial charge is 0.186 e. The van der Waals surface area contributed by atoms with Crippen LogP contribution in [0.2, 0.25) is 0 Å². The summed E-state index contributed by atoms with van der Waals surface area (Å²) in [5.41, 5.74) is 7.20. The number of rotatable bonds is 4. The minimum Gasteiger partial charge on any atom is -0.365 e. The second kappa shape index (κ2) is 7.02. The molecular formula is C24H21N5. The Hall–Kier alpha value is -3.73. The highest BCUT2D eigenvalue weighted by molar-refractivity contribution is 5.93. The highest BCUT2D eigenvalue weighted by Gasteiger charge is 2.15. The molecule has 0 aliphatic heterocycles. The molecule has 5 heteroatoms. The molecule has 29 heavy (non-hydrogen) atoms. The van der Waals surface area contributed by atoms with Crippen molar-refractivity contribution in [3.8, 4) is 11.3 Å². The number of benzene rings is 3. The molecule has 0 aliphatic carbocycles. The van der Waals surface area contributed by atoms with Crippen LogP contribution in [0, 0.1) is 13.8 Å². The summed E-state index contributed by atoms with van der Waals surface area (Å²) in [6.07, 6.45) is 0. The Morgan fingerprint density at radius 1 is 0.862 bits per heavy atom. The van der Waals surface area contributed by atoms with Crippen LogP contribution in [0.15, 0.2) is 72.8 Å². The highest BCUT2D eigenvalue weighted by atomic mass is 15.4. The van der Waals surface area contributed by atoms with Gasteiger partial charge in [0.1, 0.15) is 11.5 Å². The minimum absolute atomic E-state index is 0.703. The average Bonchev–Trinajstić information content (AvgIpc) is 3.17. The summed E-state index contributed by atoms with van der Waals surface area (Å²) in [4.78, 5) is 4.93. The Kier molecular flexibility index (Phi) is 4.21. The molecule has 0 saturated heterocycles. The van der Waals surface area contributed by atoms with Crippen molar-refractivity contribution < 1.29 is 0 Å². The lowest BCUT2D eigenvalue weighted by Gasteiger charge is -2.11. The zero-order valence-electron chi connectivity index (χ0n) is 16.4. The SMILES string of the molecule is Cc1ccc(CNc2nc3c(-c4cccc(C)c4)nnn3c3ccccc23)cc1. The predicted molar refractivity (Wildman–Crippen MR) is 117 cm³/mol. The molecule has 5 aromatic rings. The molecule has 5 rings (SSSR count). The number of nitrogens with zero attached hydrogens (tertiary/aromatic N) is 4. The van der Waals surface area contributed by atoms with Crippen molar-refractivity contribution >= 4 is 22.4 Å². The van der Waals surface area contributed by atoms with E-state index in [2.05, 4.69) is 78.0 Å². The number of hydrogen-bond donors (Lipinski definition) is 1. The number of anilines is 1. The Balaban J connectivity index is 1.63. The third-order valence-corrected chi connectivity index (χ3v) is 5.12. The molecule has 0 radical (unpaired) electrons. The summed E-state index contributed by atoms with van der Waals surface area (Å²) in [5.74, 6) is 0.838. The van der Waals surface area contributed by atoms with Crippen LogP contribution in [-0.4, -0.2) is 19.8 Å². The minimum atomic E-state index is 0.703. The monoisotopic (exact) mass is 379 g/mol. The van der Waals surface area contributed by atoms with Gasteiger partial charge in [0.2, 0.25) is 0 Å². The van der Waals surface area contributed by atoms with E-state index in [0.717, 1.165) is 33.6 Å². The molecule has 0 aliphatic rings. The van der Waals surface area contributed by atoms with Gasteiger partial charge < -0.3 is 5.32 Å². The predicted octanol–water partition coefficient (Wildman–Crippen LogP) is 5.17. The van der Waals surface area contributed by atoms with Gasteiger partial charge in [-0.1, -0.05) is 70.9 Å². The van der Waals surface area contributed by atoms with Gasteiger partial charge in [-0.2, -0.15) is 4.52 Å². The zero-order chi connectivity index (χ0) is 19.8. The molecule has 3 aromatic carbocycles. The van der Waals surface area contributed by atoms with Crippen LogP contribution in [0.25, 0.3) is 27.8 Å². The zero-order valence-corrected chi connectivity index (χ0v) is 16.4. The molecule has 0 saturated carbocycles. The maximum Gasteiger partial charge on any atom is 0.186 e. The molecular weight excluding hydrogens is 358 g/mol. The molecule has 5 nitrogen and oxygen atoms in total. The van der Waals surface area contributed by atoms with Gasteiger partial charge in [-0.3, -0.25) is 0 Å². The van der Waals surface area contributed by atoms with E-state index in [-0.39, 0.29) is 0 Å². The molecule has 0 amide bonds. The molecule has 1 N–H and O–H groups in total. The van der Waals surface area contributed by atoms with Gasteiger partial charge in [0.25, 0.3) is 0 Å². The fourth-order valence-electron chi connectivity index (χ4n) is 3.57. The molecule has 0 unspecified atom stereocenters. The number of fused-ring (bicyclic) bond motifs is 3. The molecule has 0 bridgehead atoms. The van der Waals surface area contributed by atoms with Crippen LogP contribution < -0.4 is 5.32 Å². The second-order valence-electron chi connectivity index (χ2n) is 7.36. The summed E-state index contributed by atoms with van der Waals surface area (Å²) in [6, 6.07) is 25.0. The van der Waals surface area contributed by atoms with Crippen LogP contribution >= 0.6 is 0 Å². The molecule has 142 valence electrons. The summed E-state index contributed by atoms with van der Waals surface area (Å²) in [6.45, 7) is 4.88. The van der Waals surface area contributed by atoms with Gasteiger partial charge in [0.15, 0.2) is 5.65 Å².